The van der Waals surface area contributed by atoms with Gasteiger partial charge in [-0.15, -0.1) is 0 Å². The molecule has 2 aliphatic rings. The topological polar surface area (TPSA) is 12.0 Å². The van der Waals surface area contributed by atoms with E-state index >= 15 is 0 Å². The van der Waals surface area contributed by atoms with Gasteiger partial charge in [0.05, 0.1) is 0 Å². The van der Waals surface area contributed by atoms with E-state index in [0.717, 1.165) is 11.8 Å². The summed E-state index contributed by atoms with van der Waals surface area (Å²) in [5.41, 5.74) is 3.16. The Morgan fingerprint density at radius 3 is 2.76 bits per heavy atom. The van der Waals surface area contributed by atoms with E-state index in [1.165, 1.54) is 51.6 Å². The van der Waals surface area contributed by atoms with Crippen LogP contribution in [0.3, 0.4) is 0 Å². The summed E-state index contributed by atoms with van der Waals surface area (Å²) >= 11 is 0. The van der Waals surface area contributed by atoms with Crippen LogP contribution in [0.1, 0.15) is 49.1 Å². The minimum absolute atomic E-state index is 0.858. The van der Waals surface area contributed by atoms with Gasteiger partial charge in [0.15, 0.2) is 0 Å². The van der Waals surface area contributed by atoms with Crippen LogP contribution in [0.5, 0.6) is 0 Å². The highest BCUT2D eigenvalue weighted by Gasteiger charge is 2.18. The summed E-state index contributed by atoms with van der Waals surface area (Å²) in [4.78, 5) is 0. The second-order valence-electron chi connectivity index (χ2n) is 5.79. The molecule has 1 nitrogen and oxygen atoms in total. The summed E-state index contributed by atoms with van der Waals surface area (Å²) in [6.45, 7) is 2.43. The lowest BCUT2D eigenvalue weighted by Crippen LogP contribution is -2.10. The minimum Gasteiger partial charge on any atom is -0.316 e. The maximum Gasteiger partial charge on any atom is -0.00169 e. The molecular formula is C16H23N. The fourth-order valence-electron chi connectivity index (χ4n) is 3.46. The minimum atomic E-state index is 0.858. The van der Waals surface area contributed by atoms with Crippen molar-refractivity contribution in [2.45, 2.75) is 44.4 Å². The molecule has 1 aromatic carbocycles. The first-order chi connectivity index (χ1) is 8.42. The summed E-state index contributed by atoms with van der Waals surface area (Å²) in [6, 6.07) is 9.41. The molecule has 1 aliphatic heterocycles. The SMILES string of the molecule is c1cc(CC2CCNC2)cc(C2CCCC2)c1. The van der Waals surface area contributed by atoms with Gasteiger partial charge >= 0.3 is 0 Å². The Hall–Kier alpha value is -0.820. The van der Waals surface area contributed by atoms with Gasteiger partial charge in [-0.2, -0.15) is 0 Å². The average Bonchev–Trinajstić information content (AvgIpc) is 3.01. The van der Waals surface area contributed by atoms with E-state index in [2.05, 4.69) is 29.6 Å². The summed E-state index contributed by atoms with van der Waals surface area (Å²) < 4.78 is 0. The van der Waals surface area contributed by atoms with Crippen LogP contribution in [0, 0.1) is 5.92 Å². The van der Waals surface area contributed by atoms with Gasteiger partial charge in [0.2, 0.25) is 0 Å². The first-order valence-electron chi connectivity index (χ1n) is 7.21. The van der Waals surface area contributed by atoms with Crippen LogP contribution in [0.25, 0.3) is 0 Å². The van der Waals surface area contributed by atoms with Crippen molar-refractivity contribution in [2.75, 3.05) is 13.1 Å². The van der Waals surface area contributed by atoms with E-state index in [4.69, 9.17) is 0 Å². The standard InChI is InChI=1S/C16H23N/c1-2-6-15(5-1)16-7-3-4-13(11-16)10-14-8-9-17-12-14/h3-4,7,11,14-15,17H,1-2,5-6,8-10,12H2. The zero-order chi connectivity index (χ0) is 11.5. The fourth-order valence-corrected chi connectivity index (χ4v) is 3.46. The van der Waals surface area contributed by atoms with Gasteiger partial charge in [-0.25, -0.2) is 0 Å². The Kier molecular flexibility index (Phi) is 3.46. The Morgan fingerprint density at radius 2 is 2.00 bits per heavy atom. The van der Waals surface area contributed by atoms with Crippen LogP contribution in [-0.4, -0.2) is 13.1 Å². The molecule has 1 heterocycles. The molecule has 0 bridgehead atoms. The molecule has 0 radical (unpaired) electrons. The van der Waals surface area contributed by atoms with Gasteiger partial charge in [0.1, 0.15) is 0 Å². The number of rotatable bonds is 3. The molecular weight excluding hydrogens is 206 g/mol. The summed E-state index contributed by atoms with van der Waals surface area (Å²) in [7, 11) is 0. The van der Waals surface area contributed by atoms with Crippen molar-refractivity contribution in [3.63, 3.8) is 0 Å². The van der Waals surface area contributed by atoms with Crippen LogP contribution in [0.15, 0.2) is 24.3 Å². The van der Waals surface area contributed by atoms with Gasteiger partial charge in [-0.1, -0.05) is 37.1 Å². The molecule has 3 rings (SSSR count). The third-order valence-electron chi connectivity index (χ3n) is 4.46. The molecule has 0 amide bonds. The second-order valence-corrected chi connectivity index (χ2v) is 5.79. The van der Waals surface area contributed by atoms with Gasteiger partial charge in [-0.05, 0) is 61.7 Å². The van der Waals surface area contributed by atoms with Crippen molar-refractivity contribution < 1.29 is 0 Å². The molecule has 17 heavy (non-hydrogen) atoms. The molecule has 1 N–H and O–H groups in total. The van der Waals surface area contributed by atoms with Crippen LogP contribution in [0.4, 0.5) is 0 Å². The maximum absolute atomic E-state index is 3.46. The first kappa shape index (κ1) is 11.3. The lowest BCUT2D eigenvalue weighted by Gasteiger charge is -2.13. The van der Waals surface area contributed by atoms with E-state index in [1.54, 1.807) is 11.1 Å². The Morgan fingerprint density at radius 1 is 1.12 bits per heavy atom. The quantitative estimate of drug-likeness (QED) is 0.836. The zero-order valence-electron chi connectivity index (χ0n) is 10.6. The molecule has 0 aromatic heterocycles. The molecule has 1 saturated heterocycles. The van der Waals surface area contributed by atoms with Crippen molar-refractivity contribution in [3.05, 3.63) is 35.4 Å². The van der Waals surface area contributed by atoms with Gasteiger partial charge in [0, 0.05) is 0 Å². The number of nitrogens with one attached hydrogen (secondary N) is 1. The molecule has 0 spiro atoms. The number of hydrogen-bond donors (Lipinski definition) is 1. The van der Waals surface area contributed by atoms with E-state index in [-0.39, 0.29) is 0 Å². The zero-order valence-corrected chi connectivity index (χ0v) is 10.6. The molecule has 1 saturated carbocycles. The van der Waals surface area contributed by atoms with Crippen molar-refractivity contribution in [2.24, 2.45) is 5.92 Å². The molecule has 1 atom stereocenters. The second kappa shape index (κ2) is 5.22. The van der Waals surface area contributed by atoms with E-state index in [1.807, 2.05) is 0 Å². The van der Waals surface area contributed by atoms with Crippen LogP contribution >= 0.6 is 0 Å². The summed E-state index contributed by atoms with van der Waals surface area (Å²) in [6.07, 6.45) is 8.31. The third-order valence-corrected chi connectivity index (χ3v) is 4.46. The fraction of sp³-hybridized carbons (Fsp3) is 0.625. The van der Waals surface area contributed by atoms with Crippen molar-refractivity contribution >= 4 is 0 Å². The molecule has 1 aliphatic carbocycles. The summed E-state index contributed by atoms with van der Waals surface area (Å²) in [5, 5.41) is 3.46. The van der Waals surface area contributed by atoms with Crippen LogP contribution in [-0.2, 0) is 6.42 Å². The molecule has 2 fully saturated rings. The number of benzene rings is 1. The van der Waals surface area contributed by atoms with Gasteiger partial charge in [0.25, 0.3) is 0 Å². The van der Waals surface area contributed by atoms with Crippen molar-refractivity contribution in [1.29, 1.82) is 0 Å². The van der Waals surface area contributed by atoms with Crippen LogP contribution < -0.4 is 5.32 Å². The van der Waals surface area contributed by atoms with Crippen molar-refractivity contribution in [1.82, 2.24) is 5.32 Å². The van der Waals surface area contributed by atoms with E-state index in [9.17, 15) is 0 Å². The predicted octanol–water partition coefficient (Wildman–Crippen LogP) is 3.50. The monoisotopic (exact) mass is 229 g/mol. The predicted molar refractivity (Wildman–Crippen MR) is 72.3 cm³/mol. The number of hydrogen-bond acceptors (Lipinski definition) is 1. The summed E-state index contributed by atoms with van der Waals surface area (Å²) in [5.74, 6) is 1.73. The van der Waals surface area contributed by atoms with E-state index in [0.29, 0.717) is 0 Å². The van der Waals surface area contributed by atoms with E-state index < -0.39 is 0 Å². The first-order valence-corrected chi connectivity index (χ1v) is 7.21. The largest absolute Gasteiger partial charge is 0.316 e. The Balaban J connectivity index is 1.69. The highest BCUT2D eigenvalue weighted by molar-refractivity contribution is 5.27. The molecule has 1 unspecified atom stereocenters. The Bertz CT molecular complexity index is 360. The third kappa shape index (κ3) is 2.71. The maximum atomic E-state index is 3.46. The molecule has 92 valence electrons. The lowest BCUT2D eigenvalue weighted by atomic mass is 9.92. The Labute approximate surface area is 105 Å². The smallest absolute Gasteiger partial charge is 0.00169 e. The van der Waals surface area contributed by atoms with Gasteiger partial charge < -0.3 is 5.32 Å². The van der Waals surface area contributed by atoms with Crippen LogP contribution in [0.2, 0.25) is 0 Å². The normalized spacial score (nSPS) is 25.5. The molecule has 1 aromatic rings. The lowest BCUT2D eigenvalue weighted by molar-refractivity contribution is 0.579. The molecule has 1 heteroatoms. The highest BCUT2D eigenvalue weighted by atomic mass is 14.9. The van der Waals surface area contributed by atoms with Crippen molar-refractivity contribution in [3.8, 4) is 0 Å². The average molecular weight is 229 g/mol. The van der Waals surface area contributed by atoms with Gasteiger partial charge in [-0.3, -0.25) is 0 Å². The highest BCUT2D eigenvalue weighted by Crippen LogP contribution is 2.34.